The first kappa shape index (κ1) is 28.6. The van der Waals surface area contributed by atoms with Gasteiger partial charge in [0.1, 0.15) is 6.04 Å². The molecule has 0 bridgehead atoms. The first-order chi connectivity index (χ1) is 17.4. The highest BCUT2D eigenvalue weighted by Crippen LogP contribution is 2.10. The zero-order valence-corrected chi connectivity index (χ0v) is 19.5. The van der Waals surface area contributed by atoms with Gasteiger partial charge in [-0.1, -0.05) is 37.5 Å². The zero-order chi connectivity index (χ0) is 25.9. The van der Waals surface area contributed by atoms with Crippen LogP contribution in [-0.4, -0.2) is 46.7 Å². The Morgan fingerprint density at radius 3 is 1.95 bits per heavy atom. The Kier molecular flexibility index (Phi) is 10.8. The minimum absolute atomic E-state index is 0. The van der Waals surface area contributed by atoms with Crippen molar-refractivity contribution in [1.82, 2.24) is 10.8 Å². The van der Waals surface area contributed by atoms with Crippen LogP contribution in [0.3, 0.4) is 0 Å². The van der Waals surface area contributed by atoms with E-state index in [2.05, 4.69) is 27.8 Å². The third-order valence-corrected chi connectivity index (χ3v) is 5.06. The van der Waals surface area contributed by atoms with E-state index in [9.17, 15) is 19.5 Å². The number of hydrogen-bond donors (Lipinski definition) is 6. The molecular weight excluding hydrogens is 472 g/mol. The van der Waals surface area contributed by atoms with E-state index < -0.39 is 24.0 Å². The Hall–Kier alpha value is -4.65. The fraction of sp³-hybridized carbons (Fsp3) is 0.179. The number of carbonyl (C=O) groups is 3. The summed E-state index contributed by atoms with van der Waals surface area (Å²) in [5.74, 6) is 4.34. The van der Waals surface area contributed by atoms with Gasteiger partial charge in [0.2, 0.25) is 5.91 Å². The molecule has 6 N–H and O–H groups in total. The summed E-state index contributed by atoms with van der Waals surface area (Å²) in [6, 6.07) is 21.6. The van der Waals surface area contributed by atoms with Crippen LogP contribution in [0.2, 0.25) is 0 Å². The molecule has 3 aromatic rings. The maximum atomic E-state index is 12.3. The third-order valence-electron chi connectivity index (χ3n) is 5.06. The Morgan fingerprint density at radius 1 is 0.838 bits per heavy atom. The Labute approximate surface area is 215 Å². The summed E-state index contributed by atoms with van der Waals surface area (Å²) in [4.78, 5) is 36.0. The second-order valence-corrected chi connectivity index (χ2v) is 7.84. The van der Waals surface area contributed by atoms with Crippen LogP contribution < -0.4 is 21.4 Å². The summed E-state index contributed by atoms with van der Waals surface area (Å²) in [7, 11) is 0. The van der Waals surface area contributed by atoms with Crippen molar-refractivity contribution in [2.45, 2.75) is 26.5 Å². The molecule has 3 amide bonds. The van der Waals surface area contributed by atoms with Crippen molar-refractivity contribution in [1.29, 1.82) is 0 Å². The smallest absolute Gasteiger partial charge is 0.268 e. The zero-order valence-electron chi connectivity index (χ0n) is 19.5. The monoisotopic (exact) mass is 502 g/mol. The van der Waals surface area contributed by atoms with Gasteiger partial charge in [-0.15, -0.1) is 0 Å². The molecule has 0 fully saturated rings. The molecule has 37 heavy (non-hydrogen) atoms. The van der Waals surface area contributed by atoms with E-state index in [1.807, 2.05) is 30.3 Å². The molecule has 0 aliphatic heterocycles. The topological polar surface area (TPSA) is 140 Å². The van der Waals surface area contributed by atoms with E-state index in [4.69, 9.17) is 5.21 Å². The number of benzene rings is 3. The van der Waals surface area contributed by atoms with Gasteiger partial charge in [-0.2, -0.15) is 0 Å². The number of nitrogens with one attached hydrogen (secondary N) is 4. The predicted octanol–water partition coefficient (Wildman–Crippen LogP) is 2.76. The van der Waals surface area contributed by atoms with Crippen LogP contribution in [-0.2, 0) is 9.59 Å². The van der Waals surface area contributed by atoms with Crippen LogP contribution in [0.1, 0.15) is 35.8 Å². The SMILES string of the molecule is C.C[C@@H](O)[C@H](NC(=O)c1ccc(C#Cc2ccc(NC(=O)CNc3ccccc3)cc2)cc1)C(=O)NO. The fourth-order valence-electron chi connectivity index (χ4n) is 3.13. The lowest BCUT2D eigenvalue weighted by Gasteiger charge is -2.19. The molecule has 0 aliphatic rings. The highest BCUT2D eigenvalue weighted by Gasteiger charge is 2.25. The number of amides is 3. The van der Waals surface area contributed by atoms with Crippen LogP contribution in [0.4, 0.5) is 11.4 Å². The van der Waals surface area contributed by atoms with Crippen molar-refractivity contribution >= 4 is 29.1 Å². The van der Waals surface area contributed by atoms with E-state index in [0.29, 0.717) is 11.3 Å². The van der Waals surface area contributed by atoms with Gasteiger partial charge < -0.3 is 21.1 Å². The van der Waals surface area contributed by atoms with Crippen LogP contribution in [0, 0.1) is 11.8 Å². The molecule has 0 aromatic heterocycles. The summed E-state index contributed by atoms with van der Waals surface area (Å²) < 4.78 is 0. The number of anilines is 2. The van der Waals surface area contributed by atoms with Gasteiger partial charge in [-0.05, 0) is 67.6 Å². The highest BCUT2D eigenvalue weighted by atomic mass is 16.5. The molecular formula is C28H30N4O5. The summed E-state index contributed by atoms with van der Waals surface area (Å²) >= 11 is 0. The lowest BCUT2D eigenvalue weighted by molar-refractivity contribution is -0.133. The van der Waals surface area contributed by atoms with Crippen molar-refractivity contribution in [3.05, 3.63) is 95.6 Å². The molecule has 0 radical (unpaired) electrons. The van der Waals surface area contributed by atoms with E-state index in [0.717, 1.165) is 11.3 Å². The third kappa shape index (κ3) is 8.81. The van der Waals surface area contributed by atoms with Gasteiger partial charge in [0, 0.05) is 28.1 Å². The van der Waals surface area contributed by atoms with Crippen LogP contribution >= 0.6 is 0 Å². The molecule has 2 atom stereocenters. The van der Waals surface area contributed by atoms with Crippen molar-refractivity contribution in [2.24, 2.45) is 0 Å². The Balaban J connectivity index is 0.00000481. The Bertz CT molecular complexity index is 1250. The van der Waals surface area contributed by atoms with Gasteiger partial charge in [0.25, 0.3) is 11.8 Å². The molecule has 0 aliphatic carbocycles. The first-order valence-corrected chi connectivity index (χ1v) is 11.1. The number of carbonyl (C=O) groups excluding carboxylic acids is 3. The molecule has 0 saturated heterocycles. The van der Waals surface area contributed by atoms with E-state index >= 15 is 0 Å². The number of aliphatic hydroxyl groups excluding tert-OH is 1. The second kappa shape index (κ2) is 14.0. The number of hydrogen-bond acceptors (Lipinski definition) is 6. The van der Waals surface area contributed by atoms with E-state index in [1.165, 1.54) is 24.5 Å². The number of para-hydroxylation sites is 1. The fourth-order valence-corrected chi connectivity index (χ4v) is 3.13. The maximum absolute atomic E-state index is 12.3. The molecule has 3 aromatic carbocycles. The normalized spacial score (nSPS) is 11.4. The van der Waals surface area contributed by atoms with Crippen LogP contribution in [0.25, 0.3) is 0 Å². The molecule has 9 heteroatoms. The molecule has 0 unspecified atom stereocenters. The standard InChI is InChI=1S/C27H26N4O5.CH4/c1-18(32)25(27(35)31-36)30-26(34)21-13-9-19(10-14-21)7-8-20-11-15-23(16-12-20)29-24(33)17-28-22-5-3-2-4-6-22;/h2-6,9-16,18,25,28,32,36H,17H2,1H3,(H,29,33)(H,30,34)(H,31,35);1H4/t18-,25+;/m1./s1. The lowest BCUT2D eigenvalue weighted by atomic mass is 10.1. The number of rotatable bonds is 8. The summed E-state index contributed by atoms with van der Waals surface area (Å²) in [5.41, 5.74) is 4.60. The van der Waals surface area contributed by atoms with Gasteiger partial charge in [-0.3, -0.25) is 19.6 Å². The van der Waals surface area contributed by atoms with Crippen molar-refractivity contribution in [3.8, 4) is 11.8 Å². The number of aliphatic hydroxyl groups is 1. The van der Waals surface area contributed by atoms with Gasteiger partial charge in [0.15, 0.2) is 0 Å². The van der Waals surface area contributed by atoms with Crippen molar-refractivity contribution in [2.75, 3.05) is 17.2 Å². The van der Waals surface area contributed by atoms with E-state index in [-0.39, 0.29) is 25.4 Å². The summed E-state index contributed by atoms with van der Waals surface area (Å²) in [6.45, 7) is 1.47. The molecule has 0 saturated carbocycles. The largest absolute Gasteiger partial charge is 0.391 e. The lowest BCUT2D eigenvalue weighted by Crippen LogP contribution is -2.51. The summed E-state index contributed by atoms with van der Waals surface area (Å²) in [5, 5.41) is 26.6. The number of hydroxylamine groups is 1. The van der Waals surface area contributed by atoms with E-state index in [1.54, 1.807) is 36.4 Å². The average molecular weight is 503 g/mol. The quantitative estimate of drug-likeness (QED) is 0.159. The molecule has 192 valence electrons. The summed E-state index contributed by atoms with van der Waals surface area (Å²) in [6.07, 6.45) is -1.20. The van der Waals surface area contributed by atoms with Crippen LogP contribution in [0.15, 0.2) is 78.9 Å². The van der Waals surface area contributed by atoms with Crippen molar-refractivity contribution < 1.29 is 24.7 Å². The maximum Gasteiger partial charge on any atom is 0.268 e. The Morgan fingerprint density at radius 2 is 1.41 bits per heavy atom. The minimum atomic E-state index is -1.30. The molecule has 0 spiro atoms. The van der Waals surface area contributed by atoms with Crippen molar-refractivity contribution in [3.63, 3.8) is 0 Å². The molecule has 3 rings (SSSR count). The second-order valence-electron chi connectivity index (χ2n) is 7.84. The van der Waals surface area contributed by atoms with Gasteiger partial charge >= 0.3 is 0 Å². The van der Waals surface area contributed by atoms with Gasteiger partial charge in [0.05, 0.1) is 12.6 Å². The predicted molar refractivity (Wildman–Crippen MR) is 142 cm³/mol. The van der Waals surface area contributed by atoms with Gasteiger partial charge in [-0.25, -0.2) is 5.48 Å². The highest BCUT2D eigenvalue weighted by molar-refractivity contribution is 5.97. The molecule has 9 nitrogen and oxygen atoms in total. The van der Waals surface area contributed by atoms with Crippen LogP contribution in [0.5, 0.6) is 0 Å². The minimum Gasteiger partial charge on any atom is -0.391 e. The average Bonchev–Trinajstić information content (AvgIpc) is 2.90. The first-order valence-electron chi connectivity index (χ1n) is 11.1. The molecule has 0 heterocycles.